The van der Waals surface area contributed by atoms with Gasteiger partial charge in [0.2, 0.25) is 0 Å². The van der Waals surface area contributed by atoms with Crippen LogP contribution in [0, 0.1) is 0 Å². The molecule has 174 valence electrons. The van der Waals surface area contributed by atoms with Crippen LogP contribution in [0.1, 0.15) is 23.3 Å². The van der Waals surface area contributed by atoms with Gasteiger partial charge in [-0.2, -0.15) is 0 Å². The van der Waals surface area contributed by atoms with E-state index in [1.54, 1.807) is 17.8 Å². The van der Waals surface area contributed by atoms with E-state index in [2.05, 4.69) is 25.4 Å². The van der Waals surface area contributed by atoms with Crippen molar-refractivity contribution >= 4 is 28.7 Å². The summed E-state index contributed by atoms with van der Waals surface area (Å²) in [5.74, 6) is 1.11. The molecule has 1 atom stereocenters. The smallest absolute Gasteiger partial charge is 0.276 e. The third-order valence-electron chi connectivity index (χ3n) is 6.28. The largest absolute Gasteiger partial charge is 0.494 e. The summed E-state index contributed by atoms with van der Waals surface area (Å²) >= 11 is 0. The lowest BCUT2D eigenvalue weighted by molar-refractivity contribution is 0.102. The number of hydrogen-bond acceptors (Lipinski definition) is 8. The normalized spacial score (nSPS) is 19.0. The zero-order valence-electron chi connectivity index (χ0n) is 18.8. The molecule has 2 fully saturated rings. The second-order valence-corrected chi connectivity index (χ2v) is 8.53. The SMILES string of the molecule is COc1cc(N2CCNCC2)ccc1NC(=O)c1cnc2ccc(N3CCC[C@@H](N)C3)nn12. The van der Waals surface area contributed by atoms with Gasteiger partial charge in [0.1, 0.15) is 11.6 Å². The number of benzene rings is 1. The van der Waals surface area contributed by atoms with Crippen molar-refractivity contribution in [3.8, 4) is 5.75 Å². The van der Waals surface area contributed by atoms with E-state index in [0.717, 1.165) is 63.6 Å². The van der Waals surface area contributed by atoms with Crippen molar-refractivity contribution in [2.24, 2.45) is 5.73 Å². The second kappa shape index (κ2) is 9.24. The Kier molecular flexibility index (Phi) is 6.01. The molecule has 2 aromatic heterocycles. The van der Waals surface area contributed by atoms with E-state index in [-0.39, 0.29) is 11.9 Å². The second-order valence-electron chi connectivity index (χ2n) is 8.53. The van der Waals surface area contributed by atoms with Crippen molar-refractivity contribution in [1.29, 1.82) is 0 Å². The van der Waals surface area contributed by atoms with Crippen LogP contribution < -0.4 is 30.9 Å². The summed E-state index contributed by atoms with van der Waals surface area (Å²) in [6.07, 6.45) is 3.60. The molecule has 10 nitrogen and oxygen atoms in total. The molecule has 2 saturated heterocycles. The van der Waals surface area contributed by atoms with Crippen LogP contribution in [-0.2, 0) is 0 Å². The lowest BCUT2D eigenvalue weighted by Gasteiger charge is -2.31. The lowest BCUT2D eigenvalue weighted by Crippen LogP contribution is -2.43. The van der Waals surface area contributed by atoms with Crippen molar-refractivity contribution in [3.63, 3.8) is 0 Å². The summed E-state index contributed by atoms with van der Waals surface area (Å²) in [6.45, 7) is 5.44. The first-order chi connectivity index (χ1) is 16.1. The van der Waals surface area contributed by atoms with Gasteiger partial charge in [-0.1, -0.05) is 0 Å². The van der Waals surface area contributed by atoms with E-state index in [1.165, 1.54) is 0 Å². The molecule has 33 heavy (non-hydrogen) atoms. The maximum atomic E-state index is 13.2. The average molecular weight is 451 g/mol. The number of piperazine rings is 1. The molecule has 1 amide bonds. The summed E-state index contributed by atoms with van der Waals surface area (Å²) in [5, 5.41) is 11.0. The first-order valence-corrected chi connectivity index (χ1v) is 11.4. The van der Waals surface area contributed by atoms with E-state index in [9.17, 15) is 4.79 Å². The van der Waals surface area contributed by atoms with Crippen LogP contribution in [-0.4, -0.2) is 72.9 Å². The number of rotatable bonds is 5. The number of aromatic nitrogens is 3. The van der Waals surface area contributed by atoms with Gasteiger partial charge in [0, 0.05) is 57.1 Å². The molecule has 10 heteroatoms. The van der Waals surface area contributed by atoms with Crippen molar-refractivity contribution in [2.45, 2.75) is 18.9 Å². The molecule has 0 spiro atoms. The van der Waals surface area contributed by atoms with Gasteiger partial charge in [-0.25, -0.2) is 9.50 Å². The maximum absolute atomic E-state index is 13.2. The molecule has 1 aromatic carbocycles. The Labute approximate surface area is 192 Å². The molecule has 0 radical (unpaired) electrons. The fraction of sp³-hybridized carbons (Fsp3) is 0.435. The summed E-state index contributed by atoms with van der Waals surface area (Å²) in [5.41, 5.74) is 8.80. The number of nitrogens with one attached hydrogen (secondary N) is 2. The molecule has 0 bridgehead atoms. The Morgan fingerprint density at radius 2 is 2.03 bits per heavy atom. The summed E-state index contributed by atoms with van der Waals surface area (Å²) in [6, 6.07) is 9.80. The molecular formula is C23H30N8O2. The highest BCUT2D eigenvalue weighted by atomic mass is 16.5. The minimum Gasteiger partial charge on any atom is -0.494 e. The molecule has 5 rings (SSSR count). The average Bonchev–Trinajstić information content (AvgIpc) is 3.28. The molecule has 0 unspecified atom stereocenters. The van der Waals surface area contributed by atoms with Crippen LogP contribution in [0.3, 0.4) is 0 Å². The number of methoxy groups -OCH3 is 1. The number of nitrogens with two attached hydrogens (primary N) is 1. The molecule has 0 saturated carbocycles. The van der Waals surface area contributed by atoms with E-state index < -0.39 is 0 Å². The van der Waals surface area contributed by atoms with Crippen LogP contribution in [0.2, 0.25) is 0 Å². The van der Waals surface area contributed by atoms with Gasteiger partial charge in [-0.15, -0.1) is 5.10 Å². The summed E-state index contributed by atoms with van der Waals surface area (Å²) in [7, 11) is 1.61. The number of imidazole rings is 1. The topological polar surface area (TPSA) is 113 Å². The number of fused-ring (bicyclic) bond motifs is 1. The molecule has 4 N–H and O–H groups in total. The van der Waals surface area contributed by atoms with Crippen molar-refractivity contribution in [3.05, 3.63) is 42.2 Å². The predicted molar refractivity (Wildman–Crippen MR) is 128 cm³/mol. The predicted octanol–water partition coefficient (Wildman–Crippen LogP) is 1.33. The molecule has 3 aromatic rings. The minimum absolute atomic E-state index is 0.137. The van der Waals surface area contributed by atoms with Crippen LogP contribution in [0.5, 0.6) is 5.75 Å². The van der Waals surface area contributed by atoms with E-state index >= 15 is 0 Å². The molecule has 2 aliphatic heterocycles. The van der Waals surface area contributed by atoms with Gasteiger partial charge in [-0.3, -0.25) is 4.79 Å². The van der Waals surface area contributed by atoms with Gasteiger partial charge in [0.25, 0.3) is 5.91 Å². The molecule has 4 heterocycles. The van der Waals surface area contributed by atoms with E-state index in [4.69, 9.17) is 15.6 Å². The number of piperidine rings is 1. The zero-order valence-corrected chi connectivity index (χ0v) is 18.8. The number of anilines is 3. The Morgan fingerprint density at radius 1 is 1.18 bits per heavy atom. The fourth-order valence-corrected chi connectivity index (χ4v) is 4.49. The van der Waals surface area contributed by atoms with Crippen molar-refractivity contribution in [1.82, 2.24) is 19.9 Å². The zero-order chi connectivity index (χ0) is 22.8. The molecule has 2 aliphatic rings. The Balaban J connectivity index is 1.38. The number of carbonyl (C=O) groups is 1. The van der Waals surface area contributed by atoms with Gasteiger partial charge in [-0.05, 0) is 37.1 Å². The first-order valence-electron chi connectivity index (χ1n) is 11.4. The lowest BCUT2D eigenvalue weighted by atomic mass is 10.1. The monoisotopic (exact) mass is 450 g/mol. The van der Waals surface area contributed by atoms with E-state index in [1.807, 2.05) is 30.3 Å². The van der Waals surface area contributed by atoms with Gasteiger partial charge in [0.15, 0.2) is 11.3 Å². The quantitative estimate of drug-likeness (QED) is 0.534. The Morgan fingerprint density at radius 3 is 2.82 bits per heavy atom. The van der Waals surface area contributed by atoms with Crippen LogP contribution in [0.4, 0.5) is 17.2 Å². The highest BCUT2D eigenvalue weighted by Crippen LogP contribution is 2.30. The van der Waals surface area contributed by atoms with Crippen LogP contribution in [0.15, 0.2) is 36.5 Å². The number of ether oxygens (including phenoxy) is 1. The summed E-state index contributed by atoms with van der Waals surface area (Å²) < 4.78 is 7.17. The van der Waals surface area contributed by atoms with Crippen molar-refractivity contribution in [2.75, 3.05) is 61.5 Å². The molecule has 0 aliphatic carbocycles. The van der Waals surface area contributed by atoms with E-state index in [0.29, 0.717) is 22.8 Å². The first kappa shape index (κ1) is 21.5. The standard InChI is InChI=1S/C23H30N8O2/c1-33-20-13-17(29-11-8-25-9-12-29)4-5-18(20)27-23(32)19-14-26-21-6-7-22(28-31(19)21)30-10-2-3-16(24)15-30/h4-7,13-14,16,25H,2-3,8-12,15,24H2,1H3,(H,27,32)/t16-/m1/s1. The highest BCUT2D eigenvalue weighted by molar-refractivity contribution is 6.04. The number of nitrogens with zero attached hydrogens (tertiary/aromatic N) is 5. The van der Waals surface area contributed by atoms with Gasteiger partial charge in [0.05, 0.1) is 19.0 Å². The summed E-state index contributed by atoms with van der Waals surface area (Å²) in [4.78, 5) is 22.0. The fourth-order valence-electron chi connectivity index (χ4n) is 4.49. The number of carbonyl (C=O) groups excluding carboxylic acids is 1. The van der Waals surface area contributed by atoms with Gasteiger partial charge < -0.3 is 30.9 Å². The highest BCUT2D eigenvalue weighted by Gasteiger charge is 2.21. The molecular weight excluding hydrogens is 420 g/mol. The minimum atomic E-state index is -0.296. The maximum Gasteiger partial charge on any atom is 0.276 e. The third-order valence-corrected chi connectivity index (χ3v) is 6.28. The van der Waals surface area contributed by atoms with Crippen molar-refractivity contribution < 1.29 is 9.53 Å². The Bertz CT molecular complexity index is 1140. The van der Waals surface area contributed by atoms with Crippen LogP contribution in [0.25, 0.3) is 5.65 Å². The number of amides is 1. The van der Waals surface area contributed by atoms with Gasteiger partial charge >= 0.3 is 0 Å². The number of hydrogen-bond donors (Lipinski definition) is 3. The Hall–Kier alpha value is -3.37. The third kappa shape index (κ3) is 4.44. The van der Waals surface area contributed by atoms with Crippen LogP contribution >= 0.6 is 0 Å².